The molecule has 20 heavy (non-hydrogen) atoms. The maximum atomic E-state index is 9.41. The van der Waals surface area contributed by atoms with E-state index in [1.165, 1.54) is 0 Å². The Hall–Kier alpha value is -0.280. The van der Waals surface area contributed by atoms with E-state index in [2.05, 4.69) is 0 Å². The van der Waals surface area contributed by atoms with Crippen LogP contribution in [-0.2, 0) is 9.47 Å². The van der Waals surface area contributed by atoms with Gasteiger partial charge in [0.25, 0.3) is 0 Å². The van der Waals surface area contributed by atoms with Gasteiger partial charge in [-0.15, -0.1) is 0 Å². The predicted molar refractivity (Wildman–Crippen MR) is 72.2 cm³/mol. The smallest absolute Gasteiger partial charge is 0.0632 e. The monoisotopic (exact) mass is 296 g/mol. The lowest BCUT2D eigenvalue weighted by atomic mass is 9.90. The lowest BCUT2D eigenvalue weighted by molar-refractivity contribution is -0.111. The molecule has 122 valence electrons. The average Bonchev–Trinajstić information content (AvgIpc) is 2.51. The molecule has 0 fully saturated rings. The van der Waals surface area contributed by atoms with Crippen LogP contribution < -0.4 is 0 Å². The van der Waals surface area contributed by atoms with Crippen molar-refractivity contribution in [3.05, 3.63) is 0 Å². The third-order valence-electron chi connectivity index (χ3n) is 3.25. The Morgan fingerprint density at radius 1 is 0.650 bits per heavy atom. The molecule has 7 heteroatoms. The van der Waals surface area contributed by atoms with E-state index in [9.17, 15) is 25.5 Å². The van der Waals surface area contributed by atoms with Crippen LogP contribution in [0.4, 0.5) is 0 Å². The fraction of sp³-hybridized carbons (Fsp3) is 1.00. The Morgan fingerprint density at radius 3 is 1.45 bits per heavy atom. The van der Waals surface area contributed by atoms with Gasteiger partial charge in [0.1, 0.15) is 0 Å². The van der Waals surface area contributed by atoms with Crippen molar-refractivity contribution in [2.24, 2.45) is 10.8 Å². The van der Waals surface area contributed by atoms with Gasteiger partial charge in [-0.25, -0.2) is 0 Å². The summed E-state index contributed by atoms with van der Waals surface area (Å²) in [4.78, 5) is 0. The number of rotatable bonds is 13. The minimum Gasteiger partial charge on any atom is -0.396 e. The van der Waals surface area contributed by atoms with Crippen molar-refractivity contribution >= 4 is 0 Å². The highest BCUT2D eigenvalue weighted by Gasteiger charge is 2.33. The summed E-state index contributed by atoms with van der Waals surface area (Å²) in [5, 5.41) is 46.3. The molecule has 0 atom stereocenters. The molecule has 0 aliphatic rings. The van der Waals surface area contributed by atoms with E-state index in [0.29, 0.717) is 6.61 Å². The normalized spacial score (nSPS) is 12.9. The van der Waals surface area contributed by atoms with Gasteiger partial charge in [-0.1, -0.05) is 6.92 Å². The molecule has 0 bridgehead atoms. The van der Waals surface area contributed by atoms with Crippen molar-refractivity contribution in [3.63, 3.8) is 0 Å². The van der Waals surface area contributed by atoms with Crippen LogP contribution in [0.25, 0.3) is 0 Å². The van der Waals surface area contributed by atoms with Crippen LogP contribution in [0.2, 0.25) is 0 Å². The maximum absolute atomic E-state index is 9.41. The summed E-state index contributed by atoms with van der Waals surface area (Å²) in [7, 11) is 0. The number of hydrogen-bond donors (Lipinski definition) is 5. The van der Waals surface area contributed by atoms with E-state index in [-0.39, 0.29) is 33.0 Å². The third kappa shape index (κ3) is 6.01. The third-order valence-corrected chi connectivity index (χ3v) is 3.25. The first-order valence-corrected chi connectivity index (χ1v) is 6.77. The number of aliphatic hydroxyl groups is 5. The zero-order valence-corrected chi connectivity index (χ0v) is 12.1. The zero-order chi connectivity index (χ0) is 15.5. The van der Waals surface area contributed by atoms with Crippen molar-refractivity contribution in [3.8, 4) is 0 Å². The van der Waals surface area contributed by atoms with E-state index in [1.54, 1.807) is 0 Å². The van der Waals surface area contributed by atoms with Crippen molar-refractivity contribution in [1.82, 2.24) is 0 Å². The molecule has 0 saturated heterocycles. The van der Waals surface area contributed by atoms with Gasteiger partial charge in [0, 0.05) is 6.61 Å². The highest BCUT2D eigenvalue weighted by molar-refractivity contribution is 4.80. The molecule has 0 aliphatic carbocycles. The summed E-state index contributed by atoms with van der Waals surface area (Å²) >= 11 is 0. The maximum Gasteiger partial charge on any atom is 0.0632 e. The number of ether oxygens (including phenoxy) is 2. The SMILES string of the molecule is CCCOCC(CO)(CO)COCC(CO)(CO)CO. The van der Waals surface area contributed by atoms with Crippen LogP contribution in [0, 0.1) is 10.8 Å². The first kappa shape index (κ1) is 19.7. The lowest BCUT2D eigenvalue weighted by Crippen LogP contribution is -2.43. The van der Waals surface area contributed by atoms with Crippen LogP contribution in [0.5, 0.6) is 0 Å². The van der Waals surface area contributed by atoms with Crippen molar-refractivity contribution in [2.45, 2.75) is 13.3 Å². The second-order valence-corrected chi connectivity index (χ2v) is 5.34. The Balaban J connectivity index is 4.39. The van der Waals surface area contributed by atoms with Gasteiger partial charge in [0.05, 0.1) is 63.7 Å². The summed E-state index contributed by atoms with van der Waals surface area (Å²) in [5.74, 6) is 0. The van der Waals surface area contributed by atoms with Gasteiger partial charge in [-0.2, -0.15) is 0 Å². The number of aliphatic hydroxyl groups excluding tert-OH is 5. The largest absolute Gasteiger partial charge is 0.396 e. The summed E-state index contributed by atoms with van der Waals surface area (Å²) in [5.41, 5.74) is -2.05. The summed E-state index contributed by atoms with van der Waals surface area (Å²) in [6.07, 6.45) is 0.830. The lowest BCUT2D eigenvalue weighted by Gasteiger charge is -2.32. The first-order valence-electron chi connectivity index (χ1n) is 6.77. The van der Waals surface area contributed by atoms with Crippen LogP contribution in [0.1, 0.15) is 13.3 Å². The van der Waals surface area contributed by atoms with Crippen LogP contribution in [0.3, 0.4) is 0 Å². The molecule has 5 N–H and O–H groups in total. The van der Waals surface area contributed by atoms with Gasteiger partial charge in [-0.05, 0) is 6.42 Å². The first-order chi connectivity index (χ1) is 9.57. The molecule has 0 aromatic heterocycles. The molecule has 0 rings (SSSR count). The molecule has 0 aliphatic heterocycles. The van der Waals surface area contributed by atoms with Crippen LogP contribution in [0.15, 0.2) is 0 Å². The summed E-state index contributed by atoms with van der Waals surface area (Å²) in [6.45, 7) is 0.682. The summed E-state index contributed by atoms with van der Waals surface area (Å²) < 4.78 is 10.7. The predicted octanol–water partition coefficient (Wildman–Crippen LogP) is -1.64. The fourth-order valence-electron chi connectivity index (χ4n) is 1.48. The van der Waals surface area contributed by atoms with Gasteiger partial charge in [0.2, 0.25) is 0 Å². The molecule has 0 heterocycles. The van der Waals surface area contributed by atoms with Gasteiger partial charge >= 0.3 is 0 Å². The van der Waals surface area contributed by atoms with E-state index in [0.717, 1.165) is 6.42 Å². The Labute approximate surface area is 119 Å². The van der Waals surface area contributed by atoms with Crippen molar-refractivity contribution in [1.29, 1.82) is 0 Å². The molecule has 0 aromatic carbocycles. The molecule has 0 radical (unpaired) electrons. The van der Waals surface area contributed by atoms with E-state index in [4.69, 9.17) is 9.47 Å². The molecule has 7 nitrogen and oxygen atoms in total. The molecule has 0 amide bonds. The molecule has 0 aromatic rings. The van der Waals surface area contributed by atoms with E-state index in [1.807, 2.05) is 6.92 Å². The Bertz CT molecular complexity index is 218. The second kappa shape index (κ2) is 10.4. The average molecular weight is 296 g/mol. The van der Waals surface area contributed by atoms with Crippen LogP contribution >= 0.6 is 0 Å². The van der Waals surface area contributed by atoms with E-state index < -0.39 is 30.7 Å². The molecule has 0 spiro atoms. The molecule has 0 unspecified atom stereocenters. The van der Waals surface area contributed by atoms with Crippen LogP contribution in [-0.4, -0.2) is 85.0 Å². The minimum atomic E-state index is -1.12. The highest BCUT2D eigenvalue weighted by atomic mass is 16.5. The topological polar surface area (TPSA) is 120 Å². The Morgan fingerprint density at radius 2 is 1.05 bits per heavy atom. The van der Waals surface area contributed by atoms with Gasteiger partial charge in [0.15, 0.2) is 0 Å². The molecule has 0 saturated carbocycles. The van der Waals surface area contributed by atoms with E-state index >= 15 is 0 Å². The summed E-state index contributed by atoms with van der Waals surface area (Å²) in [6, 6.07) is 0. The second-order valence-electron chi connectivity index (χ2n) is 5.34. The molecular weight excluding hydrogens is 268 g/mol. The minimum absolute atomic E-state index is 0.00542. The zero-order valence-electron chi connectivity index (χ0n) is 12.1. The quantitative estimate of drug-likeness (QED) is 0.259. The van der Waals surface area contributed by atoms with Crippen molar-refractivity contribution in [2.75, 3.05) is 59.5 Å². The Kier molecular flexibility index (Phi) is 10.3. The number of hydrogen-bond acceptors (Lipinski definition) is 7. The molecular formula is C13H28O7. The standard InChI is InChI=1S/C13H28O7/c1-2-3-19-10-13(7-17,8-18)11-20-9-12(4-14,5-15)6-16/h14-18H,2-11H2,1H3. The fourth-order valence-corrected chi connectivity index (χ4v) is 1.48. The van der Waals surface area contributed by atoms with Gasteiger partial charge in [-0.3, -0.25) is 0 Å². The van der Waals surface area contributed by atoms with Gasteiger partial charge < -0.3 is 35.0 Å². The van der Waals surface area contributed by atoms with Crippen molar-refractivity contribution < 1.29 is 35.0 Å². The highest BCUT2D eigenvalue weighted by Crippen LogP contribution is 2.21.